The third kappa shape index (κ3) is 3.77. The van der Waals surface area contributed by atoms with Gasteiger partial charge in [-0.05, 0) is 36.4 Å². The lowest BCUT2D eigenvalue weighted by Gasteiger charge is -2.37. The molecule has 2 heterocycles. The van der Waals surface area contributed by atoms with E-state index in [1.165, 1.54) is 0 Å². The fraction of sp³-hybridized carbons (Fsp3) is 0.250. The van der Waals surface area contributed by atoms with Crippen LogP contribution in [0.5, 0.6) is 11.5 Å². The van der Waals surface area contributed by atoms with Gasteiger partial charge in [0.1, 0.15) is 18.1 Å². The second-order valence-electron chi connectivity index (χ2n) is 6.68. The van der Waals surface area contributed by atoms with Crippen molar-refractivity contribution < 1.29 is 23.9 Å². The first kappa shape index (κ1) is 19.3. The van der Waals surface area contributed by atoms with Crippen molar-refractivity contribution in [2.45, 2.75) is 12.5 Å². The molecule has 150 valence electrons. The molecule has 0 spiro atoms. The molecule has 0 radical (unpaired) electrons. The van der Waals surface area contributed by atoms with Crippen LogP contribution in [0, 0.1) is 0 Å². The van der Waals surface area contributed by atoms with E-state index in [1.54, 1.807) is 42.3 Å². The summed E-state index contributed by atoms with van der Waals surface area (Å²) in [5.74, 6) is 0.294. The van der Waals surface area contributed by atoms with Crippen LogP contribution >= 0.6 is 15.9 Å². The van der Waals surface area contributed by atoms with E-state index in [0.717, 1.165) is 4.47 Å². The maximum atomic E-state index is 13.5. The Morgan fingerprint density at radius 2 is 2.03 bits per heavy atom. The molecule has 8 nitrogen and oxygen atoms in total. The number of benzene rings is 2. The molecule has 3 amide bonds. The molecule has 0 aliphatic carbocycles. The summed E-state index contributed by atoms with van der Waals surface area (Å²) >= 11 is 3.40. The van der Waals surface area contributed by atoms with Gasteiger partial charge in [-0.25, -0.2) is 0 Å². The van der Waals surface area contributed by atoms with Crippen molar-refractivity contribution in [3.63, 3.8) is 0 Å². The maximum absolute atomic E-state index is 13.5. The Balaban J connectivity index is 1.72. The number of hydrogen-bond donors (Lipinski definition) is 2. The van der Waals surface area contributed by atoms with Crippen molar-refractivity contribution in [2.24, 2.45) is 0 Å². The molecule has 0 unspecified atom stereocenters. The molecule has 2 aromatic carbocycles. The fourth-order valence-corrected chi connectivity index (χ4v) is 3.70. The van der Waals surface area contributed by atoms with E-state index in [0.29, 0.717) is 28.4 Å². The summed E-state index contributed by atoms with van der Waals surface area (Å²) in [5.41, 5.74) is 1.39. The number of rotatable bonds is 3. The van der Waals surface area contributed by atoms with Crippen molar-refractivity contribution in [3.8, 4) is 11.5 Å². The predicted octanol–water partition coefficient (Wildman–Crippen LogP) is 2.32. The predicted molar refractivity (Wildman–Crippen MR) is 109 cm³/mol. The smallest absolute Gasteiger partial charge is 0.262 e. The normalized spacial score (nSPS) is 17.2. The Labute approximate surface area is 175 Å². The molecule has 2 N–H and O–H groups in total. The van der Waals surface area contributed by atoms with Gasteiger partial charge in [-0.2, -0.15) is 0 Å². The van der Waals surface area contributed by atoms with Gasteiger partial charge in [-0.1, -0.05) is 15.9 Å². The number of amides is 3. The summed E-state index contributed by atoms with van der Waals surface area (Å²) in [6.45, 7) is 0.133. The van der Waals surface area contributed by atoms with E-state index in [-0.39, 0.29) is 37.4 Å². The van der Waals surface area contributed by atoms with Gasteiger partial charge in [0, 0.05) is 17.1 Å². The second-order valence-corrected chi connectivity index (χ2v) is 7.59. The van der Waals surface area contributed by atoms with E-state index in [4.69, 9.17) is 9.47 Å². The summed E-state index contributed by atoms with van der Waals surface area (Å²) in [7, 11) is 1.55. The highest BCUT2D eigenvalue weighted by atomic mass is 79.9. The number of carbonyl (C=O) groups excluding carboxylic acids is 3. The molecule has 2 aromatic rings. The number of nitrogens with zero attached hydrogens (tertiary/aromatic N) is 1. The van der Waals surface area contributed by atoms with E-state index < -0.39 is 6.04 Å². The maximum Gasteiger partial charge on any atom is 0.262 e. The van der Waals surface area contributed by atoms with Crippen LogP contribution in [-0.4, -0.2) is 44.0 Å². The Morgan fingerprint density at radius 1 is 1.21 bits per heavy atom. The van der Waals surface area contributed by atoms with Crippen molar-refractivity contribution in [1.29, 1.82) is 0 Å². The minimum absolute atomic E-state index is 0.0553. The number of carbonyl (C=O) groups is 3. The van der Waals surface area contributed by atoms with Gasteiger partial charge in [-0.15, -0.1) is 0 Å². The SMILES string of the molecule is CNC(=O)C[C@H]1COc2cc(Br)ccc2N1C(=O)c1ccc2c(c1)NC(=O)CO2. The van der Waals surface area contributed by atoms with Gasteiger partial charge in [0.05, 0.1) is 23.8 Å². The van der Waals surface area contributed by atoms with E-state index >= 15 is 0 Å². The second kappa shape index (κ2) is 7.75. The minimum Gasteiger partial charge on any atom is -0.489 e. The summed E-state index contributed by atoms with van der Waals surface area (Å²) in [6.07, 6.45) is 0.0997. The first-order chi connectivity index (χ1) is 14.0. The van der Waals surface area contributed by atoms with Gasteiger partial charge >= 0.3 is 0 Å². The Kier molecular flexibility index (Phi) is 5.14. The van der Waals surface area contributed by atoms with Crippen LogP contribution in [0.1, 0.15) is 16.8 Å². The quantitative estimate of drug-likeness (QED) is 0.733. The molecule has 0 aromatic heterocycles. The summed E-state index contributed by atoms with van der Waals surface area (Å²) < 4.78 is 12.0. The molecule has 9 heteroatoms. The third-order valence-electron chi connectivity index (χ3n) is 4.76. The lowest BCUT2D eigenvalue weighted by Crippen LogP contribution is -2.49. The molecule has 1 atom stereocenters. The van der Waals surface area contributed by atoms with Crippen molar-refractivity contribution >= 4 is 45.0 Å². The molecule has 0 fully saturated rings. The zero-order chi connectivity index (χ0) is 20.5. The highest BCUT2D eigenvalue weighted by molar-refractivity contribution is 9.10. The highest BCUT2D eigenvalue weighted by Crippen LogP contribution is 2.38. The monoisotopic (exact) mass is 459 g/mol. The first-order valence-corrected chi connectivity index (χ1v) is 9.79. The number of ether oxygens (including phenoxy) is 2. The average Bonchev–Trinajstić information content (AvgIpc) is 2.72. The molecule has 0 saturated carbocycles. The lowest BCUT2D eigenvalue weighted by molar-refractivity contribution is -0.121. The fourth-order valence-electron chi connectivity index (χ4n) is 3.36. The zero-order valence-electron chi connectivity index (χ0n) is 15.5. The van der Waals surface area contributed by atoms with Crippen LogP contribution in [0.2, 0.25) is 0 Å². The number of halogens is 1. The van der Waals surface area contributed by atoms with Crippen LogP contribution in [0.3, 0.4) is 0 Å². The molecule has 2 aliphatic heterocycles. The minimum atomic E-state index is -0.474. The zero-order valence-corrected chi connectivity index (χ0v) is 17.1. The van der Waals surface area contributed by atoms with Crippen molar-refractivity contribution in [1.82, 2.24) is 5.32 Å². The molecular weight excluding hydrogens is 442 g/mol. The number of anilines is 2. The highest BCUT2D eigenvalue weighted by Gasteiger charge is 2.34. The van der Waals surface area contributed by atoms with Crippen LogP contribution < -0.4 is 25.0 Å². The lowest BCUT2D eigenvalue weighted by atomic mass is 10.0. The molecule has 2 aliphatic rings. The molecule has 4 rings (SSSR count). The number of hydrogen-bond acceptors (Lipinski definition) is 5. The van der Waals surface area contributed by atoms with E-state index in [9.17, 15) is 14.4 Å². The largest absolute Gasteiger partial charge is 0.489 e. The Morgan fingerprint density at radius 3 is 2.83 bits per heavy atom. The Hall–Kier alpha value is -3.07. The standard InChI is InChI=1S/C20H18BrN3O5/c1-22-18(25)8-13-9-28-17-7-12(21)3-4-15(17)24(13)20(27)11-2-5-16-14(6-11)23-19(26)10-29-16/h2-7,13H,8-10H2,1H3,(H,22,25)(H,23,26)/t13-/m0/s1. The molecular formula is C20H18BrN3O5. The van der Waals surface area contributed by atoms with Crippen LogP contribution in [0.25, 0.3) is 0 Å². The first-order valence-electron chi connectivity index (χ1n) is 8.99. The van der Waals surface area contributed by atoms with E-state index in [1.807, 2.05) is 6.07 Å². The van der Waals surface area contributed by atoms with Crippen LogP contribution in [-0.2, 0) is 9.59 Å². The van der Waals surface area contributed by atoms with E-state index in [2.05, 4.69) is 26.6 Å². The average molecular weight is 460 g/mol. The molecule has 0 saturated heterocycles. The molecule has 0 bridgehead atoms. The van der Waals surface area contributed by atoms with Crippen molar-refractivity contribution in [2.75, 3.05) is 30.5 Å². The van der Waals surface area contributed by atoms with Crippen LogP contribution in [0.4, 0.5) is 11.4 Å². The van der Waals surface area contributed by atoms with Gasteiger partial charge in [0.15, 0.2) is 6.61 Å². The van der Waals surface area contributed by atoms with Gasteiger partial charge in [0.25, 0.3) is 11.8 Å². The summed E-state index contributed by atoms with van der Waals surface area (Å²) in [4.78, 5) is 38.7. The Bertz CT molecular complexity index is 1010. The summed E-state index contributed by atoms with van der Waals surface area (Å²) in [6, 6.07) is 9.77. The third-order valence-corrected chi connectivity index (χ3v) is 5.25. The topological polar surface area (TPSA) is 97.0 Å². The molecule has 29 heavy (non-hydrogen) atoms. The van der Waals surface area contributed by atoms with Gasteiger partial charge in [-0.3, -0.25) is 19.3 Å². The van der Waals surface area contributed by atoms with Gasteiger partial charge in [0.2, 0.25) is 5.91 Å². The van der Waals surface area contributed by atoms with Crippen LogP contribution in [0.15, 0.2) is 40.9 Å². The van der Waals surface area contributed by atoms with Gasteiger partial charge < -0.3 is 20.1 Å². The number of fused-ring (bicyclic) bond motifs is 2. The number of nitrogens with one attached hydrogen (secondary N) is 2. The summed E-state index contributed by atoms with van der Waals surface area (Å²) in [5, 5.41) is 5.29. The van der Waals surface area contributed by atoms with Crippen molar-refractivity contribution in [3.05, 3.63) is 46.4 Å².